The summed E-state index contributed by atoms with van der Waals surface area (Å²) in [7, 11) is 1.50. The first-order chi connectivity index (χ1) is 14.5. The Hall–Kier alpha value is -3.71. The minimum atomic E-state index is -0.606. The number of carbonyl (C=O) groups excluding carboxylic acids is 1. The third-order valence-corrected chi connectivity index (χ3v) is 4.47. The maximum atomic E-state index is 14.3. The van der Waals surface area contributed by atoms with Crippen LogP contribution in [0, 0.1) is 5.82 Å². The number of amides is 1. The van der Waals surface area contributed by atoms with Crippen LogP contribution in [0.3, 0.4) is 0 Å². The van der Waals surface area contributed by atoms with Crippen molar-refractivity contribution in [2.24, 2.45) is 4.99 Å². The van der Waals surface area contributed by atoms with Gasteiger partial charge in [-0.25, -0.2) is 14.4 Å². The fraction of sp³-hybridized carbons (Fsp3) is 0.0455. The second kappa shape index (κ2) is 8.34. The molecule has 4 rings (SSSR count). The zero-order chi connectivity index (χ0) is 21.1. The summed E-state index contributed by atoms with van der Waals surface area (Å²) >= 11 is 5.97. The Morgan fingerprint density at radius 2 is 2.03 bits per heavy atom. The average molecular weight is 424 g/mol. The van der Waals surface area contributed by atoms with Gasteiger partial charge in [0.05, 0.1) is 7.11 Å². The number of rotatable bonds is 4. The highest BCUT2D eigenvalue weighted by molar-refractivity contribution is 6.30. The van der Waals surface area contributed by atoms with E-state index >= 15 is 0 Å². The molecule has 0 aliphatic rings. The molecular formula is C22H15ClFN3O3. The molecule has 0 spiro atoms. The Bertz CT molecular complexity index is 1310. The van der Waals surface area contributed by atoms with Gasteiger partial charge in [0.25, 0.3) is 5.91 Å². The molecule has 0 fully saturated rings. The Kier molecular flexibility index (Phi) is 5.45. The first-order valence-electron chi connectivity index (χ1n) is 8.88. The van der Waals surface area contributed by atoms with Crippen LogP contribution in [-0.2, 0) is 0 Å². The SMILES string of the molecule is COc1cccc2cc(C(=O)Nc3ccccn3)c(=Nc3cc(Cl)ccc3F)oc12. The van der Waals surface area contributed by atoms with Gasteiger partial charge in [0.15, 0.2) is 11.3 Å². The third kappa shape index (κ3) is 4.01. The molecule has 6 nitrogen and oxygen atoms in total. The van der Waals surface area contributed by atoms with Gasteiger partial charge in [0.1, 0.15) is 22.9 Å². The molecule has 2 heterocycles. The van der Waals surface area contributed by atoms with Gasteiger partial charge in [-0.15, -0.1) is 0 Å². The van der Waals surface area contributed by atoms with Crippen molar-refractivity contribution in [1.29, 1.82) is 0 Å². The van der Waals surface area contributed by atoms with Crippen LogP contribution in [0.2, 0.25) is 5.02 Å². The van der Waals surface area contributed by atoms with Gasteiger partial charge >= 0.3 is 0 Å². The van der Waals surface area contributed by atoms with Gasteiger partial charge in [-0.1, -0.05) is 29.8 Å². The highest BCUT2D eigenvalue weighted by Crippen LogP contribution is 2.26. The molecule has 0 saturated carbocycles. The Morgan fingerprint density at radius 1 is 1.17 bits per heavy atom. The second-order valence-corrected chi connectivity index (χ2v) is 6.66. The number of halogens is 2. The number of hydrogen-bond acceptors (Lipinski definition) is 5. The van der Waals surface area contributed by atoms with E-state index in [0.29, 0.717) is 27.6 Å². The molecule has 150 valence electrons. The van der Waals surface area contributed by atoms with Crippen LogP contribution in [0.4, 0.5) is 15.9 Å². The molecular weight excluding hydrogens is 409 g/mol. The molecule has 8 heteroatoms. The van der Waals surface area contributed by atoms with Crippen LogP contribution >= 0.6 is 11.6 Å². The molecule has 0 radical (unpaired) electrons. The predicted octanol–water partition coefficient (Wildman–Crippen LogP) is 5.11. The van der Waals surface area contributed by atoms with Gasteiger partial charge < -0.3 is 14.5 Å². The summed E-state index contributed by atoms with van der Waals surface area (Å²) < 4.78 is 25.5. The molecule has 30 heavy (non-hydrogen) atoms. The normalized spacial score (nSPS) is 11.5. The Labute approximate surface area is 175 Å². The lowest BCUT2D eigenvalue weighted by atomic mass is 10.1. The number of carbonyl (C=O) groups is 1. The summed E-state index contributed by atoms with van der Waals surface area (Å²) in [5.41, 5.74) is 0.310. The number of aromatic nitrogens is 1. The number of fused-ring (bicyclic) bond motifs is 1. The Balaban J connectivity index is 1.93. The number of anilines is 1. The van der Waals surface area contributed by atoms with Crippen LogP contribution in [0.5, 0.6) is 5.75 Å². The zero-order valence-electron chi connectivity index (χ0n) is 15.7. The van der Waals surface area contributed by atoms with Crippen molar-refractivity contribution in [1.82, 2.24) is 4.98 Å². The van der Waals surface area contributed by atoms with Crippen molar-refractivity contribution in [3.05, 3.63) is 88.8 Å². The number of para-hydroxylation sites is 1. The van der Waals surface area contributed by atoms with Crippen molar-refractivity contribution < 1.29 is 18.3 Å². The number of pyridine rings is 1. The number of nitrogens with one attached hydrogen (secondary N) is 1. The quantitative estimate of drug-likeness (QED) is 0.494. The van der Waals surface area contributed by atoms with Gasteiger partial charge in [0.2, 0.25) is 5.55 Å². The molecule has 2 aromatic carbocycles. The summed E-state index contributed by atoms with van der Waals surface area (Å²) in [6, 6.07) is 15.9. The number of methoxy groups -OCH3 is 1. The topological polar surface area (TPSA) is 76.7 Å². The Morgan fingerprint density at radius 3 is 2.80 bits per heavy atom. The van der Waals surface area contributed by atoms with E-state index in [1.165, 1.54) is 25.3 Å². The standard InChI is InChI=1S/C22H15ClFN3O3/c1-29-18-6-4-5-13-11-15(21(28)27-19-7-2-3-10-25-19)22(30-20(13)18)26-17-12-14(23)8-9-16(17)24/h2-12H,1H3,(H,25,27,28). The summed E-state index contributed by atoms with van der Waals surface area (Å²) in [4.78, 5) is 21.3. The van der Waals surface area contributed by atoms with E-state index in [2.05, 4.69) is 15.3 Å². The predicted molar refractivity (Wildman–Crippen MR) is 112 cm³/mol. The van der Waals surface area contributed by atoms with E-state index in [1.54, 1.807) is 48.7 Å². The second-order valence-electron chi connectivity index (χ2n) is 6.22. The van der Waals surface area contributed by atoms with E-state index in [1.807, 2.05) is 0 Å². The maximum Gasteiger partial charge on any atom is 0.262 e. The van der Waals surface area contributed by atoms with Crippen LogP contribution in [0.1, 0.15) is 10.4 Å². The van der Waals surface area contributed by atoms with Gasteiger partial charge in [-0.05, 0) is 42.5 Å². The summed E-state index contributed by atoms with van der Waals surface area (Å²) in [6.45, 7) is 0. The van der Waals surface area contributed by atoms with Gasteiger partial charge in [-0.3, -0.25) is 4.79 Å². The molecule has 0 saturated heterocycles. The zero-order valence-corrected chi connectivity index (χ0v) is 16.5. The highest BCUT2D eigenvalue weighted by atomic mass is 35.5. The van der Waals surface area contributed by atoms with Crippen molar-refractivity contribution in [2.45, 2.75) is 0 Å². The van der Waals surface area contributed by atoms with Crippen LogP contribution in [0.15, 0.2) is 76.3 Å². The molecule has 1 N–H and O–H groups in total. The molecule has 0 aliphatic heterocycles. The number of hydrogen-bond donors (Lipinski definition) is 1. The monoisotopic (exact) mass is 423 g/mol. The lowest BCUT2D eigenvalue weighted by Gasteiger charge is -2.08. The molecule has 0 bridgehead atoms. The van der Waals surface area contributed by atoms with Gasteiger partial charge in [-0.2, -0.15) is 0 Å². The third-order valence-electron chi connectivity index (χ3n) is 4.24. The van der Waals surface area contributed by atoms with E-state index in [4.69, 9.17) is 20.8 Å². The fourth-order valence-electron chi connectivity index (χ4n) is 2.83. The minimum Gasteiger partial charge on any atom is -0.493 e. The van der Waals surface area contributed by atoms with Crippen molar-refractivity contribution in [2.75, 3.05) is 12.4 Å². The van der Waals surface area contributed by atoms with E-state index in [-0.39, 0.29) is 16.8 Å². The number of nitrogens with zero attached hydrogens (tertiary/aromatic N) is 2. The van der Waals surface area contributed by atoms with Crippen molar-refractivity contribution >= 4 is 40.0 Å². The van der Waals surface area contributed by atoms with E-state index in [0.717, 1.165) is 0 Å². The van der Waals surface area contributed by atoms with Crippen LogP contribution in [0.25, 0.3) is 11.0 Å². The summed E-state index contributed by atoms with van der Waals surface area (Å²) in [5.74, 6) is -0.311. The van der Waals surface area contributed by atoms with Crippen LogP contribution in [-0.4, -0.2) is 18.0 Å². The minimum absolute atomic E-state index is 0.0626. The summed E-state index contributed by atoms with van der Waals surface area (Å²) in [6.07, 6.45) is 1.55. The molecule has 0 unspecified atom stereocenters. The molecule has 2 aromatic heterocycles. The molecule has 1 amide bonds. The maximum absolute atomic E-state index is 14.3. The smallest absolute Gasteiger partial charge is 0.262 e. The first-order valence-corrected chi connectivity index (χ1v) is 9.26. The largest absolute Gasteiger partial charge is 0.493 e. The number of ether oxygens (including phenoxy) is 1. The van der Waals surface area contributed by atoms with Crippen molar-refractivity contribution in [3.63, 3.8) is 0 Å². The number of benzene rings is 2. The summed E-state index contributed by atoms with van der Waals surface area (Å²) in [5, 5.41) is 3.60. The first kappa shape index (κ1) is 19.6. The lowest BCUT2D eigenvalue weighted by molar-refractivity contribution is 0.102. The molecule has 0 aliphatic carbocycles. The average Bonchev–Trinajstić information content (AvgIpc) is 2.76. The lowest BCUT2D eigenvalue weighted by Crippen LogP contribution is -2.22. The van der Waals surface area contributed by atoms with Crippen molar-refractivity contribution in [3.8, 4) is 5.75 Å². The highest BCUT2D eigenvalue weighted by Gasteiger charge is 2.16. The molecule has 0 atom stereocenters. The van der Waals surface area contributed by atoms with Gasteiger partial charge in [0, 0.05) is 16.6 Å². The van der Waals surface area contributed by atoms with E-state index in [9.17, 15) is 9.18 Å². The fourth-order valence-corrected chi connectivity index (χ4v) is 3.00. The molecule has 4 aromatic rings. The van der Waals surface area contributed by atoms with Crippen LogP contribution < -0.4 is 15.6 Å². The van der Waals surface area contributed by atoms with E-state index < -0.39 is 11.7 Å².